The number of likely N-dealkylation sites (N-methyl/N-ethyl adjacent to an activating group) is 1. The molecule has 0 spiro atoms. The molecule has 2 aliphatic rings. The van der Waals surface area contributed by atoms with Crippen LogP contribution in [0.1, 0.15) is 32.1 Å². The second-order valence-electron chi connectivity index (χ2n) is 5.00. The van der Waals surface area contributed by atoms with E-state index in [1.807, 2.05) is 16.8 Å². The maximum atomic E-state index is 12.3. The number of nitrogens with zero attached hydrogens (tertiary/aromatic N) is 2. The van der Waals surface area contributed by atoms with Gasteiger partial charge in [0.2, 0.25) is 5.91 Å². The van der Waals surface area contributed by atoms with E-state index in [9.17, 15) is 9.90 Å². The van der Waals surface area contributed by atoms with Crippen LogP contribution in [0.15, 0.2) is 0 Å². The Kier molecular flexibility index (Phi) is 3.82. The zero-order valence-corrected chi connectivity index (χ0v) is 10.1. The molecule has 1 atom stereocenters. The Balaban J connectivity index is 2.09. The zero-order valence-electron chi connectivity index (χ0n) is 10.1. The van der Waals surface area contributed by atoms with E-state index >= 15 is 0 Å². The minimum atomic E-state index is -0.317. The van der Waals surface area contributed by atoms with Crippen molar-refractivity contribution in [2.24, 2.45) is 0 Å². The van der Waals surface area contributed by atoms with Gasteiger partial charge in [-0.25, -0.2) is 0 Å². The number of aliphatic hydroxyl groups excluding tert-OH is 1. The number of carbonyl (C=O) groups is 1. The van der Waals surface area contributed by atoms with Gasteiger partial charge in [-0.15, -0.1) is 0 Å². The van der Waals surface area contributed by atoms with Crippen molar-refractivity contribution >= 4 is 5.91 Å². The highest BCUT2D eigenvalue weighted by molar-refractivity contribution is 5.82. The SMILES string of the molecule is CN1CCCN(C2CCCC2)C(=O)C1CO. The van der Waals surface area contributed by atoms with E-state index in [0.29, 0.717) is 6.04 Å². The summed E-state index contributed by atoms with van der Waals surface area (Å²) in [6.07, 6.45) is 5.80. The summed E-state index contributed by atoms with van der Waals surface area (Å²) in [6, 6.07) is 0.121. The predicted molar refractivity (Wildman–Crippen MR) is 62.1 cm³/mol. The molecule has 1 aliphatic heterocycles. The lowest BCUT2D eigenvalue weighted by Crippen LogP contribution is -2.49. The van der Waals surface area contributed by atoms with Gasteiger partial charge in [-0.05, 0) is 26.3 Å². The van der Waals surface area contributed by atoms with Gasteiger partial charge in [-0.1, -0.05) is 12.8 Å². The Morgan fingerprint density at radius 3 is 2.56 bits per heavy atom. The predicted octanol–water partition coefficient (Wildman–Crippen LogP) is 0.454. The van der Waals surface area contributed by atoms with Gasteiger partial charge in [0.1, 0.15) is 6.04 Å². The highest BCUT2D eigenvalue weighted by Crippen LogP contribution is 2.25. The largest absolute Gasteiger partial charge is 0.394 e. The van der Waals surface area contributed by atoms with Crippen molar-refractivity contribution in [2.45, 2.75) is 44.2 Å². The monoisotopic (exact) mass is 226 g/mol. The maximum absolute atomic E-state index is 12.3. The van der Waals surface area contributed by atoms with Gasteiger partial charge < -0.3 is 10.0 Å². The average Bonchev–Trinajstić information content (AvgIpc) is 2.74. The van der Waals surface area contributed by atoms with Gasteiger partial charge in [-0.3, -0.25) is 9.69 Å². The Morgan fingerprint density at radius 1 is 1.25 bits per heavy atom. The molecule has 0 aromatic rings. The van der Waals surface area contributed by atoms with Crippen LogP contribution in [0.4, 0.5) is 0 Å². The number of hydrogen-bond acceptors (Lipinski definition) is 3. The topological polar surface area (TPSA) is 43.8 Å². The average molecular weight is 226 g/mol. The Bertz CT molecular complexity index is 251. The molecule has 2 fully saturated rings. The lowest BCUT2D eigenvalue weighted by molar-refractivity contribution is -0.138. The molecule has 1 saturated carbocycles. The minimum Gasteiger partial charge on any atom is -0.394 e. The molecular formula is C12H22N2O2. The van der Waals surface area contributed by atoms with E-state index in [0.717, 1.165) is 32.4 Å². The Morgan fingerprint density at radius 2 is 1.94 bits per heavy atom. The van der Waals surface area contributed by atoms with Gasteiger partial charge in [0.15, 0.2) is 0 Å². The van der Waals surface area contributed by atoms with Gasteiger partial charge in [0, 0.05) is 19.1 Å². The summed E-state index contributed by atoms with van der Waals surface area (Å²) in [5.74, 6) is 0.134. The van der Waals surface area contributed by atoms with E-state index in [-0.39, 0.29) is 18.6 Å². The van der Waals surface area contributed by atoms with Gasteiger partial charge in [0.25, 0.3) is 0 Å². The molecule has 0 aromatic heterocycles. The molecule has 4 heteroatoms. The van der Waals surface area contributed by atoms with Crippen LogP contribution in [0.3, 0.4) is 0 Å². The second-order valence-corrected chi connectivity index (χ2v) is 5.00. The summed E-state index contributed by atoms with van der Waals surface area (Å²) in [6.45, 7) is 1.71. The summed E-state index contributed by atoms with van der Waals surface area (Å²) in [4.78, 5) is 16.3. The number of aliphatic hydroxyl groups is 1. The summed E-state index contributed by atoms with van der Waals surface area (Å²) in [7, 11) is 1.93. The van der Waals surface area contributed by atoms with Crippen molar-refractivity contribution < 1.29 is 9.90 Å². The lowest BCUT2D eigenvalue weighted by Gasteiger charge is -2.31. The summed E-state index contributed by atoms with van der Waals surface area (Å²) < 4.78 is 0. The third-order valence-corrected chi connectivity index (χ3v) is 3.95. The van der Waals surface area contributed by atoms with Crippen molar-refractivity contribution in [1.29, 1.82) is 0 Å². The van der Waals surface area contributed by atoms with Gasteiger partial charge in [-0.2, -0.15) is 0 Å². The van der Waals surface area contributed by atoms with Crippen LogP contribution >= 0.6 is 0 Å². The molecule has 0 bridgehead atoms. The van der Waals surface area contributed by atoms with E-state index in [1.54, 1.807) is 0 Å². The summed E-state index contributed by atoms with van der Waals surface area (Å²) in [5, 5.41) is 9.33. The van der Waals surface area contributed by atoms with Crippen LogP contribution in [0, 0.1) is 0 Å². The second kappa shape index (κ2) is 5.15. The fourth-order valence-electron chi connectivity index (χ4n) is 2.93. The molecule has 0 radical (unpaired) electrons. The van der Waals surface area contributed by atoms with E-state index in [2.05, 4.69) is 0 Å². The fraction of sp³-hybridized carbons (Fsp3) is 0.917. The van der Waals surface area contributed by atoms with E-state index in [1.165, 1.54) is 12.8 Å². The van der Waals surface area contributed by atoms with E-state index < -0.39 is 0 Å². The third kappa shape index (κ3) is 2.23. The normalized spacial score (nSPS) is 29.8. The van der Waals surface area contributed by atoms with Crippen molar-refractivity contribution in [3.8, 4) is 0 Å². The number of amides is 1. The molecule has 0 aromatic carbocycles. The first-order valence-corrected chi connectivity index (χ1v) is 6.35. The van der Waals surface area contributed by atoms with Crippen molar-refractivity contribution in [1.82, 2.24) is 9.80 Å². The fourth-order valence-corrected chi connectivity index (χ4v) is 2.93. The Hall–Kier alpha value is -0.610. The number of hydrogen-bond donors (Lipinski definition) is 1. The molecular weight excluding hydrogens is 204 g/mol. The molecule has 1 saturated heterocycles. The smallest absolute Gasteiger partial charge is 0.242 e. The molecule has 1 heterocycles. The van der Waals surface area contributed by atoms with E-state index in [4.69, 9.17) is 0 Å². The molecule has 1 aliphatic carbocycles. The van der Waals surface area contributed by atoms with Gasteiger partial charge >= 0.3 is 0 Å². The van der Waals surface area contributed by atoms with Crippen LogP contribution in [0.2, 0.25) is 0 Å². The quantitative estimate of drug-likeness (QED) is 0.743. The van der Waals surface area contributed by atoms with Crippen LogP contribution in [0.5, 0.6) is 0 Å². The molecule has 1 amide bonds. The third-order valence-electron chi connectivity index (χ3n) is 3.95. The van der Waals surface area contributed by atoms with Crippen LogP contribution in [-0.4, -0.2) is 59.6 Å². The standard InChI is InChI=1S/C12H22N2O2/c1-13-7-4-8-14(10-5-2-3-6-10)12(16)11(13)9-15/h10-11,15H,2-9H2,1H3. The Labute approximate surface area is 97.2 Å². The summed E-state index contributed by atoms with van der Waals surface area (Å²) in [5.41, 5.74) is 0. The number of rotatable bonds is 2. The first kappa shape index (κ1) is 11.9. The summed E-state index contributed by atoms with van der Waals surface area (Å²) >= 11 is 0. The molecule has 1 unspecified atom stereocenters. The van der Waals surface area contributed by atoms with Crippen molar-refractivity contribution in [3.63, 3.8) is 0 Å². The molecule has 4 nitrogen and oxygen atoms in total. The molecule has 92 valence electrons. The van der Waals surface area contributed by atoms with Crippen LogP contribution in [0.25, 0.3) is 0 Å². The van der Waals surface area contributed by atoms with Crippen LogP contribution in [-0.2, 0) is 4.79 Å². The molecule has 2 rings (SSSR count). The highest BCUT2D eigenvalue weighted by atomic mass is 16.3. The first-order chi connectivity index (χ1) is 7.74. The van der Waals surface area contributed by atoms with Gasteiger partial charge in [0.05, 0.1) is 6.61 Å². The molecule has 16 heavy (non-hydrogen) atoms. The zero-order chi connectivity index (χ0) is 11.5. The highest BCUT2D eigenvalue weighted by Gasteiger charge is 2.34. The maximum Gasteiger partial charge on any atom is 0.242 e. The van der Waals surface area contributed by atoms with Crippen LogP contribution < -0.4 is 0 Å². The molecule has 1 N–H and O–H groups in total. The number of carbonyl (C=O) groups excluding carboxylic acids is 1. The minimum absolute atomic E-state index is 0.0570. The van der Waals surface area contributed by atoms with Crippen molar-refractivity contribution in [3.05, 3.63) is 0 Å². The first-order valence-electron chi connectivity index (χ1n) is 6.35. The van der Waals surface area contributed by atoms with Crippen molar-refractivity contribution in [2.75, 3.05) is 26.7 Å². The lowest BCUT2D eigenvalue weighted by atomic mass is 10.1.